The number of rotatable bonds is 4. The number of nitrogens with zero attached hydrogens (tertiary/aromatic N) is 1. The van der Waals surface area contributed by atoms with Crippen molar-refractivity contribution in [3.63, 3.8) is 0 Å². The molecule has 0 unspecified atom stereocenters. The maximum absolute atomic E-state index is 12.3. The summed E-state index contributed by atoms with van der Waals surface area (Å²) in [6, 6.07) is 9.03. The Bertz CT molecular complexity index is 713. The molecule has 0 aliphatic carbocycles. The van der Waals surface area contributed by atoms with Gasteiger partial charge in [-0.15, -0.1) is 0 Å². The molecule has 2 N–H and O–H groups in total. The average Bonchev–Trinajstić information content (AvgIpc) is 3.26. The molecule has 5 nitrogen and oxygen atoms in total. The van der Waals surface area contributed by atoms with Crippen LogP contribution in [0.4, 0.5) is 0 Å². The molecule has 1 aromatic carbocycles. The number of fused-ring (bicyclic) bond motifs is 2. The predicted molar refractivity (Wildman–Crippen MR) is 89.2 cm³/mol. The van der Waals surface area contributed by atoms with Gasteiger partial charge >= 0.3 is 0 Å². The second kappa shape index (κ2) is 5.94. The summed E-state index contributed by atoms with van der Waals surface area (Å²) in [7, 11) is 0. The third-order valence-electron chi connectivity index (χ3n) is 4.53. The monoisotopic (exact) mass is 329 g/mol. The van der Waals surface area contributed by atoms with E-state index in [0.717, 1.165) is 18.6 Å². The van der Waals surface area contributed by atoms with Gasteiger partial charge in [-0.25, -0.2) is 4.98 Å². The highest BCUT2D eigenvalue weighted by atomic mass is 32.1. The van der Waals surface area contributed by atoms with Crippen LogP contribution in [0.15, 0.2) is 30.5 Å². The van der Waals surface area contributed by atoms with Crippen LogP contribution in [-0.4, -0.2) is 29.0 Å². The summed E-state index contributed by atoms with van der Waals surface area (Å²) in [6.07, 6.45) is 5.01. The molecular weight excluding hydrogens is 310 g/mol. The van der Waals surface area contributed by atoms with Gasteiger partial charge in [0.15, 0.2) is 5.01 Å². The number of aryl methyl sites for hydroxylation is 1. The number of hydrogen-bond donors (Lipinski definition) is 2. The number of hydrogen-bond acceptors (Lipinski definition) is 5. The van der Waals surface area contributed by atoms with E-state index in [0.29, 0.717) is 22.2 Å². The van der Waals surface area contributed by atoms with Crippen LogP contribution in [0.2, 0.25) is 0 Å². The highest BCUT2D eigenvalue weighted by Crippen LogP contribution is 2.30. The SMILES string of the molecule is Cc1ccc(Oc2cnc(C(=O)N[C@@H]3C[C@H]4CC[C@@H]3N4)s2)cc1. The topological polar surface area (TPSA) is 63.2 Å². The molecule has 3 heterocycles. The lowest BCUT2D eigenvalue weighted by Gasteiger charge is -2.20. The van der Waals surface area contributed by atoms with Gasteiger partial charge in [0, 0.05) is 18.1 Å². The molecule has 2 bridgehead atoms. The Hall–Kier alpha value is -1.92. The summed E-state index contributed by atoms with van der Waals surface area (Å²) in [4.78, 5) is 16.5. The molecule has 6 heteroatoms. The van der Waals surface area contributed by atoms with E-state index in [9.17, 15) is 4.79 Å². The van der Waals surface area contributed by atoms with Gasteiger partial charge in [-0.3, -0.25) is 4.79 Å². The molecule has 4 rings (SSSR count). The molecule has 2 fully saturated rings. The van der Waals surface area contributed by atoms with Gasteiger partial charge in [-0.05, 0) is 38.3 Å². The van der Waals surface area contributed by atoms with Crippen molar-refractivity contribution in [1.29, 1.82) is 0 Å². The molecule has 0 saturated carbocycles. The summed E-state index contributed by atoms with van der Waals surface area (Å²) in [5.74, 6) is 0.650. The molecule has 1 aromatic heterocycles. The maximum atomic E-state index is 12.3. The van der Waals surface area contributed by atoms with E-state index in [1.807, 2.05) is 31.2 Å². The van der Waals surface area contributed by atoms with E-state index < -0.39 is 0 Å². The van der Waals surface area contributed by atoms with Crippen molar-refractivity contribution in [3.8, 4) is 10.8 Å². The highest BCUT2D eigenvalue weighted by Gasteiger charge is 2.39. The minimum absolute atomic E-state index is 0.104. The minimum Gasteiger partial charge on any atom is -0.445 e. The van der Waals surface area contributed by atoms with Gasteiger partial charge in [-0.1, -0.05) is 29.0 Å². The number of ether oxygens (including phenoxy) is 1. The second-order valence-corrected chi connectivity index (χ2v) is 7.26. The van der Waals surface area contributed by atoms with Gasteiger partial charge in [0.1, 0.15) is 5.75 Å². The zero-order chi connectivity index (χ0) is 15.8. The quantitative estimate of drug-likeness (QED) is 0.905. The molecule has 0 spiro atoms. The summed E-state index contributed by atoms with van der Waals surface area (Å²) >= 11 is 1.28. The third kappa shape index (κ3) is 3.09. The Morgan fingerprint density at radius 1 is 1.35 bits per heavy atom. The Morgan fingerprint density at radius 3 is 2.87 bits per heavy atom. The Morgan fingerprint density at radius 2 is 2.17 bits per heavy atom. The van der Waals surface area contributed by atoms with Crippen LogP contribution in [0.3, 0.4) is 0 Å². The van der Waals surface area contributed by atoms with E-state index in [1.54, 1.807) is 6.20 Å². The fourth-order valence-corrected chi connectivity index (χ4v) is 4.04. The lowest BCUT2D eigenvalue weighted by Crippen LogP contribution is -2.42. The number of amides is 1. The molecule has 3 atom stereocenters. The fraction of sp³-hybridized carbons (Fsp3) is 0.412. The van der Waals surface area contributed by atoms with Crippen LogP contribution in [0.25, 0.3) is 0 Å². The summed E-state index contributed by atoms with van der Waals surface area (Å²) in [6.45, 7) is 2.03. The van der Waals surface area contributed by atoms with Crippen LogP contribution in [0, 0.1) is 6.92 Å². The van der Waals surface area contributed by atoms with Crippen molar-refractivity contribution in [3.05, 3.63) is 41.0 Å². The highest BCUT2D eigenvalue weighted by molar-refractivity contribution is 7.15. The van der Waals surface area contributed by atoms with E-state index in [1.165, 1.54) is 23.3 Å². The molecule has 2 aliphatic rings. The molecule has 2 aromatic rings. The van der Waals surface area contributed by atoms with E-state index >= 15 is 0 Å². The van der Waals surface area contributed by atoms with Crippen LogP contribution < -0.4 is 15.4 Å². The van der Waals surface area contributed by atoms with E-state index in [-0.39, 0.29) is 11.9 Å². The number of thiazole rings is 1. The minimum atomic E-state index is -0.104. The van der Waals surface area contributed by atoms with Crippen LogP contribution in [0.5, 0.6) is 10.8 Å². The lowest BCUT2D eigenvalue weighted by molar-refractivity contribution is 0.0930. The third-order valence-corrected chi connectivity index (χ3v) is 5.41. The van der Waals surface area contributed by atoms with Gasteiger partial charge in [0.05, 0.1) is 6.20 Å². The van der Waals surface area contributed by atoms with Gasteiger partial charge in [-0.2, -0.15) is 0 Å². The molecule has 2 aliphatic heterocycles. The van der Waals surface area contributed by atoms with Gasteiger partial charge < -0.3 is 15.4 Å². The fourth-order valence-electron chi connectivity index (χ4n) is 3.35. The predicted octanol–water partition coefficient (Wildman–Crippen LogP) is 2.87. The first kappa shape index (κ1) is 14.7. The second-order valence-electron chi connectivity index (χ2n) is 6.26. The first-order valence-corrected chi connectivity index (χ1v) is 8.76. The average molecular weight is 329 g/mol. The first-order valence-electron chi connectivity index (χ1n) is 7.94. The Labute approximate surface area is 139 Å². The molecular formula is C17H19N3O2S. The smallest absolute Gasteiger partial charge is 0.280 e. The number of carbonyl (C=O) groups is 1. The van der Waals surface area contributed by atoms with Crippen molar-refractivity contribution in [2.45, 2.75) is 44.3 Å². The Balaban J connectivity index is 1.39. The van der Waals surface area contributed by atoms with Gasteiger partial charge in [0.25, 0.3) is 5.91 Å². The van der Waals surface area contributed by atoms with E-state index in [2.05, 4.69) is 15.6 Å². The number of benzene rings is 1. The Kier molecular flexibility index (Phi) is 3.79. The molecule has 0 radical (unpaired) electrons. The van der Waals surface area contributed by atoms with Gasteiger partial charge in [0.2, 0.25) is 5.06 Å². The van der Waals surface area contributed by atoms with Crippen molar-refractivity contribution < 1.29 is 9.53 Å². The molecule has 1 amide bonds. The van der Waals surface area contributed by atoms with Crippen LogP contribution >= 0.6 is 11.3 Å². The molecule has 23 heavy (non-hydrogen) atoms. The van der Waals surface area contributed by atoms with Crippen LogP contribution in [0.1, 0.15) is 34.6 Å². The zero-order valence-corrected chi connectivity index (χ0v) is 13.7. The van der Waals surface area contributed by atoms with Crippen molar-refractivity contribution in [1.82, 2.24) is 15.6 Å². The van der Waals surface area contributed by atoms with E-state index in [4.69, 9.17) is 4.74 Å². The molecule has 2 saturated heterocycles. The largest absolute Gasteiger partial charge is 0.445 e. The summed E-state index contributed by atoms with van der Waals surface area (Å²) in [5.41, 5.74) is 1.18. The number of aromatic nitrogens is 1. The standard InChI is InChI=1S/C17H19N3O2S/c1-10-2-5-12(6-3-10)22-15-9-18-17(23-15)16(21)20-14-8-11-4-7-13(14)19-11/h2-3,5-6,9,11,13-14,19H,4,7-8H2,1H3,(H,20,21)/t11-,13+,14-/m1/s1. The first-order chi connectivity index (χ1) is 11.2. The zero-order valence-electron chi connectivity index (χ0n) is 12.9. The summed E-state index contributed by atoms with van der Waals surface area (Å²) < 4.78 is 5.75. The number of carbonyl (C=O) groups excluding carboxylic acids is 1. The normalized spacial score (nSPS) is 25.5. The maximum Gasteiger partial charge on any atom is 0.280 e. The van der Waals surface area contributed by atoms with Crippen molar-refractivity contribution in [2.24, 2.45) is 0 Å². The van der Waals surface area contributed by atoms with Crippen molar-refractivity contribution in [2.75, 3.05) is 0 Å². The van der Waals surface area contributed by atoms with Crippen molar-refractivity contribution >= 4 is 17.2 Å². The van der Waals surface area contributed by atoms with Crippen LogP contribution in [-0.2, 0) is 0 Å². The molecule has 120 valence electrons. The lowest BCUT2D eigenvalue weighted by atomic mass is 9.95. The summed E-state index contributed by atoms with van der Waals surface area (Å²) in [5, 5.41) is 7.71. The number of nitrogens with one attached hydrogen (secondary N) is 2.